The molecule has 4 nitrogen and oxygen atoms in total. The quantitative estimate of drug-likeness (QED) is 0.927. The molecule has 0 amide bonds. The molecule has 17 heavy (non-hydrogen) atoms. The zero-order valence-electron chi connectivity index (χ0n) is 9.98. The number of aliphatic hydroxyl groups excluding tert-OH is 1. The Balaban J connectivity index is 2.43. The highest BCUT2D eigenvalue weighted by molar-refractivity contribution is 9.10. The molecular weight excluding hydrogens is 282 g/mol. The van der Waals surface area contributed by atoms with Gasteiger partial charge in [0.15, 0.2) is 5.82 Å². The minimum absolute atomic E-state index is 0.497. The molecule has 0 bridgehead atoms. The van der Waals surface area contributed by atoms with Gasteiger partial charge in [0.2, 0.25) is 0 Å². The van der Waals surface area contributed by atoms with Gasteiger partial charge in [-0.25, -0.2) is 9.67 Å². The molecule has 0 radical (unpaired) electrons. The third-order valence-corrected chi connectivity index (χ3v) is 3.82. The van der Waals surface area contributed by atoms with E-state index in [9.17, 15) is 5.11 Å². The van der Waals surface area contributed by atoms with Crippen molar-refractivity contribution in [2.45, 2.75) is 26.9 Å². The smallest absolute Gasteiger partial charge is 0.153 e. The summed E-state index contributed by atoms with van der Waals surface area (Å²) < 4.78 is 2.78. The number of aromatic nitrogens is 3. The number of nitrogens with zero attached hydrogens (tertiary/aromatic N) is 3. The van der Waals surface area contributed by atoms with Crippen molar-refractivity contribution in [3.8, 4) is 5.82 Å². The monoisotopic (exact) mass is 295 g/mol. The van der Waals surface area contributed by atoms with Gasteiger partial charge in [0.05, 0.1) is 22.0 Å². The Kier molecular flexibility index (Phi) is 3.31. The summed E-state index contributed by atoms with van der Waals surface area (Å²) in [5.74, 6) is 0.751. The first-order chi connectivity index (χ1) is 8.00. The standard InChI is InChI=1S/C12H14BrN3O/c1-7-12(13)8(2)16(15-7)11-5-4-10(6-14-11)9(3)17/h4-6,9,17H,1-3H3. The van der Waals surface area contributed by atoms with E-state index in [2.05, 4.69) is 26.0 Å². The topological polar surface area (TPSA) is 50.9 Å². The van der Waals surface area contributed by atoms with Crippen LogP contribution in [0.25, 0.3) is 5.82 Å². The van der Waals surface area contributed by atoms with E-state index in [-0.39, 0.29) is 0 Å². The van der Waals surface area contributed by atoms with E-state index < -0.39 is 6.10 Å². The van der Waals surface area contributed by atoms with Crippen LogP contribution in [0.1, 0.15) is 30.0 Å². The first kappa shape index (κ1) is 12.3. The second-order valence-electron chi connectivity index (χ2n) is 4.02. The highest BCUT2D eigenvalue weighted by atomic mass is 79.9. The van der Waals surface area contributed by atoms with E-state index in [1.165, 1.54) is 0 Å². The summed E-state index contributed by atoms with van der Waals surface area (Å²) in [6, 6.07) is 3.71. The van der Waals surface area contributed by atoms with E-state index >= 15 is 0 Å². The average molecular weight is 296 g/mol. The van der Waals surface area contributed by atoms with Crippen LogP contribution in [-0.2, 0) is 0 Å². The number of hydrogen-bond acceptors (Lipinski definition) is 3. The SMILES string of the molecule is Cc1nn(-c2ccc(C(C)O)cn2)c(C)c1Br. The van der Waals surface area contributed by atoms with Crippen molar-refractivity contribution in [2.75, 3.05) is 0 Å². The number of rotatable bonds is 2. The maximum atomic E-state index is 9.42. The van der Waals surface area contributed by atoms with Crippen molar-refractivity contribution >= 4 is 15.9 Å². The molecule has 1 unspecified atom stereocenters. The van der Waals surface area contributed by atoms with Crippen LogP contribution in [0.4, 0.5) is 0 Å². The van der Waals surface area contributed by atoms with E-state index in [4.69, 9.17) is 0 Å². The van der Waals surface area contributed by atoms with Crippen LogP contribution in [0, 0.1) is 13.8 Å². The molecular formula is C12H14BrN3O. The molecule has 1 atom stereocenters. The molecule has 0 aromatic carbocycles. The van der Waals surface area contributed by atoms with Crippen molar-refractivity contribution < 1.29 is 5.11 Å². The van der Waals surface area contributed by atoms with Crippen molar-refractivity contribution in [3.63, 3.8) is 0 Å². The second kappa shape index (κ2) is 4.58. The van der Waals surface area contributed by atoms with Gasteiger partial charge in [-0.15, -0.1) is 0 Å². The lowest BCUT2D eigenvalue weighted by atomic mass is 10.2. The van der Waals surface area contributed by atoms with E-state index in [0.29, 0.717) is 0 Å². The van der Waals surface area contributed by atoms with Crippen molar-refractivity contribution in [2.24, 2.45) is 0 Å². The lowest BCUT2D eigenvalue weighted by Gasteiger charge is -2.06. The van der Waals surface area contributed by atoms with Crippen LogP contribution >= 0.6 is 15.9 Å². The molecule has 2 aromatic rings. The number of halogens is 1. The molecule has 0 fully saturated rings. The van der Waals surface area contributed by atoms with Gasteiger partial charge >= 0.3 is 0 Å². The van der Waals surface area contributed by atoms with Gasteiger partial charge in [0.1, 0.15) is 0 Å². The van der Waals surface area contributed by atoms with Crippen LogP contribution in [0.15, 0.2) is 22.8 Å². The van der Waals surface area contributed by atoms with Gasteiger partial charge in [-0.2, -0.15) is 5.10 Å². The van der Waals surface area contributed by atoms with Gasteiger partial charge < -0.3 is 5.11 Å². The highest BCUT2D eigenvalue weighted by Gasteiger charge is 2.11. The summed E-state index contributed by atoms with van der Waals surface area (Å²) in [5.41, 5.74) is 2.75. The van der Waals surface area contributed by atoms with Crippen LogP contribution < -0.4 is 0 Å². The lowest BCUT2D eigenvalue weighted by Crippen LogP contribution is -2.03. The number of hydrogen-bond donors (Lipinski definition) is 1. The van der Waals surface area contributed by atoms with E-state index in [1.807, 2.05) is 26.0 Å². The molecule has 5 heteroatoms. The zero-order valence-corrected chi connectivity index (χ0v) is 11.6. The Bertz CT molecular complexity index is 531. The second-order valence-corrected chi connectivity index (χ2v) is 4.82. The summed E-state index contributed by atoms with van der Waals surface area (Å²) in [5, 5.41) is 13.8. The summed E-state index contributed by atoms with van der Waals surface area (Å²) >= 11 is 3.48. The van der Waals surface area contributed by atoms with Crippen LogP contribution in [0.2, 0.25) is 0 Å². The summed E-state index contributed by atoms with van der Waals surface area (Å²) in [4.78, 5) is 4.31. The summed E-state index contributed by atoms with van der Waals surface area (Å²) in [6.45, 7) is 5.64. The molecule has 90 valence electrons. The van der Waals surface area contributed by atoms with Crippen LogP contribution in [0.3, 0.4) is 0 Å². The first-order valence-corrected chi connectivity index (χ1v) is 6.16. The van der Waals surface area contributed by atoms with Crippen molar-refractivity contribution in [1.82, 2.24) is 14.8 Å². The largest absolute Gasteiger partial charge is 0.389 e. The van der Waals surface area contributed by atoms with Gasteiger partial charge in [0.25, 0.3) is 0 Å². The summed E-state index contributed by atoms with van der Waals surface area (Å²) in [6.07, 6.45) is 1.17. The first-order valence-electron chi connectivity index (χ1n) is 5.37. The Morgan fingerprint density at radius 3 is 2.47 bits per heavy atom. The van der Waals surface area contributed by atoms with E-state index in [1.54, 1.807) is 17.8 Å². The Morgan fingerprint density at radius 1 is 1.35 bits per heavy atom. The zero-order chi connectivity index (χ0) is 12.6. The Hall–Kier alpha value is -1.20. The molecule has 0 saturated heterocycles. The molecule has 2 aromatic heterocycles. The Labute approximate surface area is 108 Å². The van der Waals surface area contributed by atoms with Gasteiger partial charge in [-0.1, -0.05) is 6.07 Å². The molecule has 0 aliphatic heterocycles. The highest BCUT2D eigenvalue weighted by Crippen LogP contribution is 2.22. The molecule has 2 heterocycles. The van der Waals surface area contributed by atoms with Gasteiger partial charge in [0, 0.05) is 6.20 Å². The number of pyridine rings is 1. The fourth-order valence-corrected chi connectivity index (χ4v) is 1.86. The third kappa shape index (κ3) is 2.25. The maximum Gasteiger partial charge on any atom is 0.153 e. The predicted molar refractivity (Wildman–Crippen MR) is 69.2 cm³/mol. The van der Waals surface area contributed by atoms with Gasteiger partial charge in [-0.3, -0.25) is 0 Å². The van der Waals surface area contributed by atoms with Crippen LogP contribution in [0.5, 0.6) is 0 Å². The van der Waals surface area contributed by atoms with Crippen molar-refractivity contribution in [3.05, 3.63) is 39.8 Å². The average Bonchev–Trinajstić information content (AvgIpc) is 2.57. The van der Waals surface area contributed by atoms with Gasteiger partial charge in [-0.05, 0) is 48.3 Å². The van der Waals surface area contributed by atoms with Crippen molar-refractivity contribution in [1.29, 1.82) is 0 Å². The molecule has 1 N–H and O–H groups in total. The molecule has 2 rings (SSSR count). The fraction of sp³-hybridized carbons (Fsp3) is 0.333. The Morgan fingerprint density at radius 2 is 2.06 bits per heavy atom. The number of aliphatic hydroxyl groups is 1. The maximum absolute atomic E-state index is 9.42. The lowest BCUT2D eigenvalue weighted by molar-refractivity contribution is 0.199. The number of aryl methyl sites for hydroxylation is 1. The molecule has 0 spiro atoms. The summed E-state index contributed by atoms with van der Waals surface area (Å²) in [7, 11) is 0. The minimum atomic E-state index is -0.497. The van der Waals surface area contributed by atoms with E-state index in [0.717, 1.165) is 27.2 Å². The fourth-order valence-electron chi connectivity index (χ4n) is 1.62. The normalized spacial score (nSPS) is 12.8. The molecule has 0 aliphatic carbocycles. The van der Waals surface area contributed by atoms with Crippen LogP contribution in [-0.4, -0.2) is 19.9 Å². The minimum Gasteiger partial charge on any atom is -0.389 e. The third-order valence-electron chi connectivity index (χ3n) is 2.67. The predicted octanol–water partition coefficient (Wildman–Crippen LogP) is 2.70. The molecule has 0 saturated carbocycles. The molecule has 0 aliphatic rings.